The van der Waals surface area contributed by atoms with Gasteiger partial charge in [-0.3, -0.25) is 18.6 Å². The zero-order valence-electron chi connectivity index (χ0n) is 36.5. The summed E-state index contributed by atoms with van der Waals surface area (Å²) in [6.45, 7) is 5.35. The van der Waals surface area contributed by atoms with Crippen molar-refractivity contribution < 1.29 is 37.6 Å². The van der Waals surface area contributed by atoms with Gasteiger partial charge >= 0.3 is 19.8 Å². The number of hydrogen-bond donors (Lipinski definition) is 1. The van der Waals surface area contributed by atoms with Crippen molar-refractivity contribution in [1.29, 1.82) is 0 Å². The van der Waals surface area contributed by atoms with Gasteiger partial charge in [0, 0.05) is 12.8 Å². The Labute approximate surface area is 345 Å². The minimum absolute atomic E-state index is 0.00465. The summed E-state index contributed by atoms with van der Waals surface area (Å²) in [4.78, 5) is 34.8. The Balaban J connectivity index is 3.95. The molecule has 0 aromatic heterocycles. The van der Waals surface area contributed by atoms with E-state index in [0.717, 1.165) is 57.8 Å². The molecule has 9 heteroatoms. The van der Waals surface area contributed by atoms with E-state index >= 15 is 0 Å². The molecule has 1 N–H and O–H groups in total. The van der Waals surface area contributed by atoms with Crippen LogP contribution >= 0.6 is 7.82 Å². The predicted molar refractivity (Wildman–Crippen MR) is 235 cm³/mol. The van der Waals surface area contributed by atoms with Gasteiger partial charge in [0.05, 0.1) is 13.2 Å². The minimum atomic E-state index is -4.29. The number of ether oxygens (including phenoxy) is 2. The van der Waals surface area contributed by atoms with Crippen LogP contribution in [-0.4, -0.2) is 42.8 Å². The molecule has 2 atom stereocenters. The molecule has 0 aliphatic carbocycles. The van der Waals surface area contributed by atoms with Gasteiger partial charge in [0.25, 0.3) is 0 Å². The topological polar surface area (TPSA) is 108 Å². The van der Waals surface area contributed by atoms with E-state index in [-0.39, 0.29) is 25.6 Å². The number of hydrogen-bond acceptors (Lipinski definition) is 7. The molecule has 0 fully saturated rings. The van der Waals surface area contributed by atoms with E-state index in [4.69, 9.17) is 18.5 Å². The molecule has 0 amide bonds. The van der Waals surface area contributed by atoms with Gasteiger partial charge in [-0.25, -0.2) is 4.57 Å². The Morgan fingerprint density at radius 2 is 0.911 bits per heavy atom. The van der Waals surface area contributed by atoms with Gasteiger partial charge in [0.1, 0.15) is 6.61 Å². The highest BCUT2D eigenvalue weighted by Crippen LogP contribution is 2.43. The zero-order chi connectivity index (χ0) is 41.1. The number of esters is 2. The van der Waals surface area contributed by atoms with E-state index in [1.807, 2.05) is 0 Å². The molecule has 0 aliphatic rings. The average molecular weight is 811 g/mol. The third kappa shape index (κ3) is 41.9. The third-order valence-electron chi connectivity index (χ3n) is 9.96. The molecule has 8 nitrogen and oxygen atoms in total. The summed E-state index contributed by atoms with van der Waals surface area (Å²) in [5.74, 6) is -0.824. The summed E-state index contributed by atoms with van der Waals surface area (Å²) in [5.41, 5.74) is 0. The first-order valence-corrected chi connectivity index (χ1v) is 24.8. The molecular weight excluding hydrogens is 723 g/mol. The van der Waals surface area contributed by atoms with Crippen molar-refractivity contribution in [2.75, 3.05) is 19.8 Å². The molecule has 0 aromatic carbocycles. The van der Waals surface area contributed by atoms with E-state index in [9.17, 15) is 19.0 Å². The molecule has 0 radical (unpaired) electrons. The van der Waals surface area contributed by atoms with Gasteiger partial charge in [0.2, 0.25) is 0 Å². The molecule has 0 saturated carbocycles. The first-order chi connectivity index (χ1) is 27.3. The Kier molecular flexibility index (Phi) is 41.5. The van der Waals surface area contributed by atoms with Crippen molar-refractivity contribution >= 4 is 19.8 Å². The van der Waals surface area contributed by atoms with Crippen molar-refractivity contribution in [3.05, 3.63) is 36.5 Å². The second kappa shape index (κ2) is 42.9. The summed E-state index contributed by atoms with van der Waals surface area (Å²) in [5, 5.41) is 0. The quantitative estimate of drug-likeness (QED) is 0.0281. The van der Waals surface area contributed by atoms with Crippen molar-refractivity contribution in [2.45, 2.75) is 232 Å². The first kappa shape index (κ1) is 54.3. The maximum absolute atomic E-state index is 12.5. The van der Waals surface area contributed by atoms with E-state index < -0.39 is 26.5 Å². The van der Waals surface area contributed by atoms with Crippen molar-refractivity contribution in [1.82, 2.24) is 0 Å². The maximum Gasteiger partial charge on any atom is 0.472 e. The third-order valence-corrected chi connectivity index (χ3v) is 11.0. The van der Waals surface area contributed by atoms with Crippen LogP contribution in [0.5, 0.6) is 0 Å². The fourth-order valence-corrected chi connectivity index (χ4v) is 7.34. The Morgan fingerprint density at radius 1 is 0.500 bits per heavy atom. The maximum atomic E-state index is 12.5. The number of phosphoric acid groups is 1. The highest BCUT2D eigenvalue weighted by atomic mass is 31.2. The molecule has 56 heavy (non-hydrogen) atoms. The normalized spacial score (nSPS) is 13.6. The van der Waals surface area contributed by atoms with E-state index in [1.165, 1.54) is 128 Å². The zero-order valence-corrected chi connectivity index (χ0v) is 37.4. The van der Waals surface area contributed by atoms with Gasteiger partial charge in [-0.15, -0.1) is 0 Å². The van der Waals surface area contributed by atoms with Gasteiger partial charge in [-0.1, -0.05) is 198 Å². The molecule has 0 rings (SSSR count). The van der Waals surface area contributed by atoms with Crippen LogP contribution < -0.4 is 0 Å². The van der Waals surface area contributed by atoms with Gasteiger partial charge < -0.3 is 14.4 Å². The van der Waals surface area contributed by atoms with Crippen LogP contribution in [0.1, 0.15) is 226 Å². The van der Waals surface area contributed by atoms with Crippen LogP contribution in [0.3, 0.4) is 0 Å². The van der Waals surface area contributed by atoms with Crippen LogP contribution in [0.4, 0.5) is 0 Å². The Morgan fingerprint density at radius 3 is 1.38 bits per heavy atom. The summed E-state index contributed by atoms with van der Waals surface area (Å²) >= 11 is 0. The van der Waals surface area contributed by atoms with Crippen LogP contribution in [0.15, 0.2) is 36.5 Å². The highest BCUT2D eigenvalue weighted by Gasteiger charge is 2.25. The molecule has 0 aliphatic heterocycles. The summed E-state index contributed by atoms with van der Waals surface area (Å²) in [7, 11) is -4.29. The fraction of sp³-hybridized carbons (Fsp3) is 0.830. The Bertz CT molecular complexity index is 1010. The second-order valence-electron chi connectivity index (χ2n) is 15.4. The summed E-state index contributed by atoms with van der Waals surface area (Å²) in [6, 6.07) is 0. The molecule has 0 saturated heterocycles. The molecule has 328 valence electrons. The molecule has 0 aromatic rings. The number of allylic oxidation sites excluding steroid dienone is 6. The lowest BCUT2D eigenvalue weighted by Gasteiger charge is -2.19. The highest BCUT2D eigenvalue weighted by molar-refractivity contribution is 7.47. The second-order valence-corrected chi connectivity index (χ2v) is 16.9. The van der Waals surface area contributed by atoms with E-state index in [0.29, 0.717) is 12.8 Å². The number of carbonyl (C=O) groups is 2. The van der Waals surface area contributed by atoms with Crippen molar-refractivity contribution in [3.63, 3.8) is 0 Å². The smallest absolute Gasteiger partial charge is 0.462 e. The molecule has 0 spiro atoms. The summed E-state index contributed by atoms with van der Waals surface area (Å²) < 4.78 is 32.6. The monoisotopic (exact) mass is 811 g/mol. The van der Waals surface area contributed by atoms with E-state index in [1.54, 1.807) is 6.92 Å². The SMILES string of the molecule is CC/C=C\C/C=C\C/C=C\CCCCCC(=O)OC(COC(=O)CCCCCCCCCCCCCCCCCCCCCCCCC)COP(=O)(O)OCC. The number of unbranched alkanes of at least 4 members (excludes halogenated alkanes) is 25. The number of phosphoric ester groups is 1. The lowest BCUT2D eigenvalue weighted by Crippen LogP contribution is -2.29. The number of carbonyl (C=O) groups excluding carboxylic acids is 2. The molecule has 0 bridgehead atoms. The van der Waals surface area contributed by atoms with Gasteiger partial charge in [0.15, 0.2) is 6.10 Å². The summed E-state index contributed by atoms with van der Waals surface area (Å²) in [6.07, 6.45) is 49.3. The van der Waals surface area contributed by atoms with Gasteiger partial charge in [-0.2, -0.15) is 0 Å². The molecule has 2 unspecified atom stereocenters. The Hall–Kier alpha value is -1.73. The number of rotatable bonds is 43. The predicted octanol–water partition coefficient (Wildman–Crippen LogP) is 14.8. The van der Waals surface area contributed by atoms with Crippen molar-refractivity contribution in [2.24, 2.45) is 0 Å². The van der Waals surface area contributed by atoms with Crippen LogP contribution in [0.2, 0.25) is 0 Å². The molecule has 0 heterocycles. The average Bonchev–Trinajstić information content (AvgIpc) is 3.18. The first-order valence-electron chi connectivity index (χ1n) is 23.3. The van der Waals surface area contributed by atoms with Crippen LogP contribution in [-0.2, 0) is 32.7 Å². The fourth-order valence-electron chi connectivity index (χ4n) is 6.59. The van der Waals surface area contributed by atoms with Gasteiger partial charge in [-0.05, 0) is 51.9 Å². The minimum Gasteiger partial charge on any atom is -0.462 e. The van der Waals surface area contributed by atoms with Crippen LogP contribution in [0, 0.1) is 0 Å². The van der Waals surface area contributed by atoms with Crippen LogP contribution in [0.25, 0.3) is 0 Å². The van der Waals surface area contributed by atoms with E-state index in [2.05, 4.69) is 50.3 Å². The standard InChI is InChI=1S/C47H87O8P/c1-4-7-9-11-13-15-17-19-20-21-22-23-24-25-26-27-28-30-31-33-35-37-39-41-46(48)52-43-45(44-54-56(50,51)53-6-3)55-47(49)42-40-38-36-34-32-29-18-16-14-12-10-8-5-2/h8,10,14,16,29,32,45H,4-7,9,11-13,15,17-28,30-31,33-44H2,1-3H3,(H,50,51)/b10-8-,16-14-,32-29-. The lowest BCUT2D eigenvalue weighted by molar-refractivity contribution is -0.161. The molecular formula is C47H87O8P. The van der Waals surface area contributed by atoms with Crippen molar-refractivity contribution in [3.8, 4) is 0 Å². The largest absolute Gasteiger partial charge is 0.472 e. The lowest BCUT2D eigenvalue weighted by atomic mass is 10.0.